The second-order valence-electron chi connectivity index (χ2n) is 7.78. The lowest BCUT2D eigenvalue weighted by atomic mass is 10.0. The van der Waals surface area contributed by atoms with E-state index in [-0.39, 0.29) is 17.7 Å². The molecule has 0 amide bonds. The normalized spacial score (nSPS) is 24.9. The summed E-state index contributed by atoms with van der Waals surface area (Å²) in [6.45, 7) is 2.08. The predicted molar refractivity (Wildman–Crippen MR) is 103 cm³/mol. The zero-order chi connectivity index (χ0) is 19.8. The summed E-state index contributed by atoms with van der Waals surface area (Å²) < 4.78 is 26.1. The number of hydrogen-bond donors (Lipinski definition) is 2. The van der Waals surface area contributed by atoms with Crippen LogP contribution in [0.15, 0.2) is 40.5 Å². The van der Waals surface area contributed by atoms with Gasteiger partial charge in [-0.25, -0.2) is 0 Å². The van der Waals surface area contributed by atoms with Crippen LogP contribution in [0.2, 0.25) is 0 Å². The second-order valence-corrected chi connectivity index (χ2v) is 7.78. The van der Waals surface area contributed by atoms with E-state index in [4.69, 9.17) is 0 Å². The third-order valence-electron chi connectivity index (χ3n) is 5.73. The molecule has 2 N–H and O–H groups in total. The highest BCUT2D eigenvalue weighted by Gasteiger charge is 2.29. The molecule has 1 saturated heterocycles. The lowest BCUT2D eigenvalue weighted by molar-refractivity contribution is 0.230. The topological polar surface area (TPSA) is 63.5 Å². The van der Waals surface area contributed by atoms with Crippen molar-refractivity contribution in [3.05, 3.63) is 46.9 Å². The van der Waals surface area contributed by atoms with Gasteiger partial charge in [0.25, 0.3) is 6.08 Å². The van der Waals surface area contributed by atoms with Crippen LogP contribution < -0.4 is 5.32 Å². The quantitative estimate of drug-likeness (QED) is 0.825. The number of fused-ring (bicyclic) bond motifs is 1. The van der Waals surface area contributed by atoms with Crippen LogP contribution in [0.3, 0.4) is 0 Å². The number of benzene rings is 1. The Morgan fingerprint density at radius 2 is 2.07 bits per heavy atom. The molecule has 0 aromatic heterocycles. The molecule has 1 aliphatic carbocycles. The van der Waals surface area contributed by atoms with E-state index in [0.717, 1.165) is 25.9 Å². The first-order valence-electron chi connectivity index (χ1n) is 9.63. The smallest absolute Gasteiger partial charge is 0.274 e. The summed E-state index contributed by atoms with van der Waals surface area (Å²) in [5.74, 6) is 0.743. The van der Waals surface area contributed by atoms with E-state index in [1.165, 1.54) is 0 Å². The van der Waals surface area contributed by atoms with E-state index >= 15 is 0 Å². The van der Waals surface area contributed by atoms with Gasteiger partial charge in [0.05, 0.1) is 0 Å². The number of aromatic hydroxyl groups is 1. The number of phenolic OH excluding ortho intramolecular Hbond substituents is 1. The summed E-state index contributed by atoms with van der Waals surface area (Å²) in [4.78, 5) is 4.17. The molecule has 0 saturated carbocycles. The molecule has 150 valence electrons. The maximum atomic E-state index is 13.1. The maximum absolute atomic E-state index is 13.1. The molecule has 2 atom stereocenters. The van der Waals surface area contributed by atoms with Crippen molar-refractivity contribution in [2.45, 2.75) is 37.9 Å². The molecular formula is C20H25F2N5O. The molecule has 1 unspecified atom stereocenters. The Hall–Kier alpha value is -2.48. The third-order valence-corrected chi connectivity index (χ3v) is 5.73. The third kappa shape index (κ3) is 3.48. The molecule has 3 aliphatic rings. The van der Waals surface area contributed by atoms with Crippen LogP contribution in [0.1, 0.15) is 42.1 Å². The van der Waals surface area contributed by atoms with Crippen molar-refractivity contribution in [3.63, 3.8) is 0 Å². The predicted octanol–water partition coefficient (Wildman–Crippen LogP) is 3.82. The van der Waals surface area contributed by atoms with Crippen molar-refractivity contribution in [3.8, 4) is 5.75 Å². The molecule has 0 spiro atoms. The number of rotatable bonds is 3. The minimum absolute atomic E-state index is 0.0271. The average Bonchev–Trinajstić information content (AvgIpc) is 3.08. The summed E-state index contributed by atoms with van der Waals surface area (Å²) in [5.41, 5.74) is 1.62. The summed E-state index contributed by atoms with van der Waals surface area (Å²) in [5, 5.41) is 22.8. The molecule has 6 nitrogen and oxygen atoms in total. The van der Waals surface area contributed by atoms with Crippen LogP contribution in [-0.2, 0) is 6.42 Å². The molecule has 0 radical (unpaired) electrons. The first-order valence-corrected chi connectivity index (χ1v) is 9.63. The molecule has 28 heavy (non-hydrogen) atoms. The molecule has 8 heteroatoms. The Kier molecular flexibility index (Phi) is 5.05. The molecule has 1 fully saturated rings. The van der Waals surface area contributed by atoms with Gasteiger partial charge in [0.2, 0.25) is 0 Å². The SMILES string of the molecule is CN1CCCC(NC2=CN(C)[C@@H](c3ccc4c(c3O)CCC4=C(F)F)N=N2)C1. The molecule has 1 aromatic carbocycles. The van der Waals surface area contributed by atoms with E-state index in [2.05, 4.69) is 27.5 Å². The number of halogens is 2. The summed E-state index contributed by atoms with van der Waals surface area (Å²) >= 11 is 0. The van der Waals surface area contributed by atoms with Crippen LogP contribution >= 0.6 is 0 Å². The van der Waals surface area contributed by atoms with E-state index in [9.17, 15) is 13.9 Å². The van der Waals surface area contributed by atoms with Crippen molar-refractivity contribution >= 4 is 5.57 Å². The molecule has 2 aliphatic heterocycles. The number of hydrogen-bond acceptors (Lipinski definition) is 6. The van der Waals surface area contributed by atoms with Crippen molar-refractivity contribution in [1.29, 1.82) is 0 Å². The largest absolute Gasteiger partial charge is 0.507 e. The van der Waals surface area contributed by atoms with Gasteiger partial charge in [-0.05, 0) is 44.8 Å². The number of phenols is 1. The van der Waals surface area contributed by atoms with Crippen LogP contribution in [0.5, 0.6) is 5.75 Å². The van der Waals surface area contributed by atoms with Crippen LogP contribution in [-0.4, -0.2) is 48.1 Å². The van der Waals surface area contributed by atoms with Crippen molar-refractivity contribution in [2.75, 3.05) is 27.2 Å². The van der Waals surface area contributed by atoms with E-state index in [0.29, 0.717) is 35.0 Å². The Morgan fingerprint density at radius 3 is 2.79 bits per heavy atom. The van der Waals surface area contributed by atoms with Gasteiger partial charge in [-0.1, -0.05) is 12.1 Å². The Morgan fingerprint density at radius 1 is 1.25 bits per heavy atom. The zero-order valence-electron chi connectivity index (χ0n) is 16.1. The number of allylic oxidation sites excluding steroid dienone is 1. The van der Waals surface area contributed by atoms with Gasteiger partial charge in [0, 0.05) is 42.5 Å². The number of azo groups is 1. The number of likely N-dealkylation sites (N-methyl/N-ethyl adjacent to an activating group) is 1. The molecule has 0 bridgehead atoms. The lowest BCUT2D eigenvalue weighted by Gasteiger charge is -2.32. The standard InChI is InChI=1S/C20H25F2N5O/c1-26-9-3-4-12(10-26)23-17-11-27(2)20(25-24-17)16-8-5-13-14(18(16)28)6-7-15(13)19(21)22/h5,8,11-12,20,23,28H,3-4,6-7,9-10H2,1-2H3/t12?,20-/m0/s1. The average molecular weight is 389 g/mol. The zero-order valence-corrected chi connectivity index (χ0v) is 16.1. The minimum atomic E-state index is -1.67. The Labute approximate surface area is 163 Å². The Bertz CT molecular complexity index is 862. The summed E-state index contributed by atoms with van der Waals surface area (Å²) in [6.07, 6.45) is 2.63. The van der Waals surface area contributed by atoms with E-state index in [1.54, 1.807) is 12.1 Å². The van der Waals surface area contributed by atoms with Crippen molar-refractivity contribution in [1.82, 2.24) is 15.1 Å². The van der Waals surface area contributed by atoms with Gasteiger partial charge in [-0.2, -0.15) is 13.9 Å². The highest BCUT2D eigenvalue weighted by Crippen LogP contribution is 2.44. The molecule has 2 heterocycles. The fourth-order valence-electron chi connectivity index (χ4n) is 4.31. The van der Waals surface area contributed by atoms with E-state index in [1.807, 2.05) is 18.1 Å². The van der Waals surface area contributed by atoms with Gasteiger partial charge in [0.1, 0.15) is 5.75 Å². The highest BCUT2D eigenvalue weighted by molar-refractivity contribution is 5.76. The minimum Gasteiger partial charge on any atom is -0.507 e. The number of nitrogens with one attached hydrogen (secondary N) is 1. The first kappa shape index (κ1) is 18.9. The van der Waals surface area contributed by atoms with Crippen LogP contribution in [0.4, 0.5) is 8.78 Å². The van der Waals surface area contributed by atoms with Gasteiger partial charge in [0.15, 0.2) is 12.0 Å². The van der Waals surface area contributed by atoms with Crippen molar-refractivity contribution in [2.24, 2.45) is 10.2 Å². The number of piperidine rings is 1. The fourth-order valence-corrected chi connectivity index (χ4v) is 4.31. The molecule has 4 rings (SSSR count). The summed E-state index contributed by atoms with van der Waals surface area (Å²) in [6, 6.07) is 3.67. The molecule has 1 aromatic rings. The van der Waals surface area contributed by atoms with Crippen LogP contribution in [0.25, 0.3) is 5.57 Å². The fraction of sp³-hybridized carbons (Fsp3) is 0.500. The van der Waals surface area contributed by atoms with Gasteiger partial charge < -0.3 is 20.2 Å². The first-order chi connectivity index (χ1) is 13.4. The monoisotopic (exact) mass is 389 g/mol. The molecular weight excluding hydrogens is 364 g/mol. The van der Waals surface area contributed by atoms with Crippen LogP contribution in [0, 0.1) is 0 Å². The van der Waals surface area contributed by atoms with Gasteiger partial charge in [-0.15, -0.1) is 5.11 Å². The maximum Gasteiger partial charge on any atom is 0.274 e. The lowest BCUT2D eigenvalue weighted by Crippen LogP contribution is -2.43. The van der Waals surface area contributed by atoms with Gasteiger partial charge >= 0.3 is 0 Å². The summed E-state index contributed by atoms with van der Waals surface area (Å²) in [7, 11) is 3.98. The van der Waals surface area contributed by atoms with Crippen molar-refractivity contribution < 1.29 is 13.9 Å². The Balaban J connectivity index is 1.52. The second kappa shape index (κ2) is 7.50. The van der Waals surface area contributed by atoms with E-state index < -0.39 is 12.2 Å². The number of likely N-dealkylation sites (tertiary alicyclic amines) is 1. The number of nitrogens with zero attached hydrogens (tertiary/aromatic N) is 4. The highest BCUT2D eigenvalue weighted by atomic mass is 19.3. The van der Waals surface area contributed by atoms with Gasteiger partial charge in [-0.3, -0.25) is 0 Å².